The highest BCUT2D eigenvalue weighted by atomic mass is 32.2. The zero-order valence-electron chi connectivity index (χ0n) is 12.4. The summed E-state index contributed by atoms with van der Waals surface area (Å²) in [6.07, 6.45) is 1.98. The van der Waals surface area contributed by atoms with Crippen LogP contribution in [0.3, 0.4) is 0 Å². The summed E-state index contributed by atoms with van der Waals surface area (Å²) in [7, 11) is 0. The topological polar surface area (TPSA) is 101 Å². The minimum Gasteiger partial charge on any atom is -0.480 e. The smallest absolute Gasteiger partial charge is 0.322 e. The minimum atomic E-state index is -1.15. The predicted molar refractivity (Wildman–Crippen MR) is 86.4 cm³/mol. The Morgan fingerprint density at radius 3 is 2.52 bits per heavy atom. The Morgan fingerprint density at radius 2 is 1.91 bits per heavy atom. The number of thioether (sulfide) groups is 1. The number of aliphatic carboxylic acids is 1. The third-order valence-electron chi connectivity index (χ3n) is 2.98. The van der Waals surface area contributed by atoms with Gasteiger partial charge in [-0.3, -0.25) is 14.4 Å². The first-order valence-electron chi connectivity index (χ1n) is 6.70. The van der Waals surface area contributed by atoms with Gasteiger partial charge in [-0.1, -0.05) is 12.1 Å². The average molecular weight is 333 g/mol. The molecule has 0 aliphatic carbocycles. The van der Waals surface area contributed by atoms with Gasteiger partial charge in [0.1, 0.15) is 13.1 Å². The molecule has 1 aromatic carbocycles. The molecule has 1 heterocycles. The van der Waals surface area contributed by atoms with E-state index < -0.39 is 24.0 Å². The predicted octanol–water partition coefficient (Wildman–Crippen LogP) is 0.833. The molecule has 8 heteroatoms. The first kappa shape index (κ1) is 16.8. The molecule has 23 heavy (non-hydrogen) atoms. The maximum absolute atomic E-state index is 11.8. The lowest BCUT2D eigenvalue weighted by molar-refractivity contribution is -0.138. The second-order valence-corrected chi connectivity index (χ2v) is 5.49. The van der Waals surface area contributed by atoms with Crippen LogP contribution in [0.5, 0.6) is 0 Å². The van der Waals surface area contributed by atoms with Gasteiger partial charge in [0.25, 0.3) is 5.56 Å². The normalized spacial score (nSPS) is 10.3. The van der Waals surface area contributed by atoms with E-state index in [4.69, 9.17) is 5.11 Å². The number of hydrogen-bond donors (Lipinski definition) is 2. The van der Waals surface area contributed by atoms with E-state index in [2.05, 4.69) is 10.4 Å². The van der Waals surface area contributed by atoms with Gasteiger partial charge in [0.15, 0.2) is 0 Å². The first-order valence-corrected chi connectivity index (χ1v) is 7.93. The number of nitrogens with zero attached hydrogens (tertiary/aromatic N) is 2. The van der Waals surface area contributed by atoms with Gasteiger partial charge >= 0.3 is 5.97 Å². The minimum absolute atomic E-state index is 0.331. The zero-order valence-corrected chi connectivity index (χ0v) is 13.2. The molecule has 2 N–H and O–H groups in total. The molecule has 2 aromatic rings. The Morgan fingerprint density at radius 1 is 1.22 bits per heavy atom. The number of carboxylic acids is 1. The molecule has 0 aliphatic rings. The molecule has 7 nitrogen and oxygen atoms in total. The second-order valence-electron chi connectivity index (χ2n) is 4.61. The summed E-state index contributed by atoms with van der Waals surface area (Å²) in [6, 6.07) is 10.6. The third-order valence-corrected chi connectivity index (χ3v) is 3.73. The van der Waals surface area contributed by atoms with Crippen molar-refractivity contribution in [3.63, 3.8) is 0 Å². The number of hydrogen-bond acceptors (Lipinski definition) is 5. The van der Waals surface area contributed by atoms with E-state index in [0.29, 0.717) is 5.69 Å². The van der Waals surface area contributed by atoms with Crippen LogP contribution in [0, 0.1) is 0 Å². The SMILES string of the molecule is CSc1ccc(-c2ccc(=O)n(CC(=O)NCC(=O)O)n2)cc1. The van der Waals surface area contributed by atoms with E-state index in [9.17, 15) is 14.4 Å². The summed E-state index contributed by atoms with van der Waals surface area (Å²) in [5.74, 6) is -1.74. The van der Waals surface area contributed by atoms with Crippen LogP contribution in [0.15, 0.2) is 46.1 Å². The molecule has 1 aromatic heterocycles. The summed E-state index contributed by atoms with van der Waals surface area (Å²) >= 11 is 1.62. The number of aromatic nitrogens is 2. The number of amides is 1. The van der Waals surface area contributed by atoms with Crippen LogP contribution < -0.4 is 10.9 Å². The lowest BCUT2D eigenvalue weighted by Crippen LogP contribution is -2.36. The van der Waals surface area contributed by atoms with Crippen LogP contribution in [0.25, 0.3) is 11.3 Å². The molecule has 0 saturated carbocycles. The number of nitrogens with one attached hydrogen (secondary N) is 1. The lowest BCUT2D eigenvalue weighted by Gasteiger charge is -2.07. The molecule has 120 valence electrons. The fourth-order valence-electron chi connectivity index (χ4n) is 1.84. The first-order chi connectivity index (χ1) is 11.0. The van der Waals surface area contributed by atoms with Crippen molar-refractivity contribution in [3.05, 3.63) is 46.8 Å². The van der Waals surface area contributed by atoms with Crippen molar-refractivity contribution >= 4 is 23.6 Å². The summed E-state index contributed by atoms with van der Waals surface area (Å²) < 4.78 is 1.01. The van der Waals surface area contributed by atoms with Crippen molar-refractivity contribution in [2.45, 2.75) is 11.4 Å². The van der Waals surface area contributed by atoms with E-state index in [0.717, 1.165) is 15.1 Å². The van der Waals surface area contributed by atoms with E-state index in [-0.39, 0.29) is 6.54 Å². The van der Waals surface area contributed by atoms with Crippen LogP contribution in [-0.2, 0) is 16.1 Å². The van der Waals surface area contributed by atoms with Gasteiger partial charge in [-0.2, -0.15) is 5.10 Å². The highest BCUT2D eigenvalue weighted by Gasteiger charge is 2.09. The van der Waals surface area contributed by atoms with Crippen LogP contribution in [-0.4, -0.2) is 39.6 Å². The molecule has 0 unspecified atom stereocenters. The summed E-state index contributed by atoms with van der Waals surface area (Å²) in [5, 5.41) is 14.9. The van der Waals surface area contributed by atoms with E-state index in [1.54, 1.807) is 17.8 Å². The molecular weight excluding hydrogens is 318 g/mol. The largest absolute Gasteiger partial charge is 0.480 e. The van der Waals surface area contributed by atoms with E-state index in [1.807, 2.05) is 30.5 Å². The molecular formula is C15H15N3O4S. The number of carboxylic acid groups (broad SMARTS) is 1. The van der Waals surface area contributed by atoms with Crippen LogP contribution in [0.1, 0.15) is 0 Å². The van der Waals surface area contributed by atoms with Crippen molar-refractivity contribution < 1.29 is 14.7 Å². The standard InChI is InChI=1S/C15H15N3O4S/c1-23-11-4-2-10(3-5-11)12-6-7-14(20)18(17-12)9-13(19)16-8-15(21)22/h2-7H,8-9H2,1H3,(H,16,19)(H,21,22). The molecule has 0 bridgehead atoms. The molecule has 0 aliphatic heterocycles. The van der Waals surface area contributed by atoms with Crippen molar-refractivity contribution in [1.29, 1.82) is 0 Å². The van der Waals surface area contributed by atoms with Gasteiger partial charge in [0.2, 0.25) is 5.91 Å². The van der Waals surface area contributed by atoms with Crippen LogP contribution in [0.2, 0.25) is 0 Å². The van der Waals surface area contributed by atoms with E-state index in [1.165, 1.54) is 6.07 Å². The number of carbonyl (C=O) groups is 2. The van der Waals surface area contributed by atoms with Gasteiger partial charge in [-0.05, 0) is 24.5 Å². The summed E-state index contributed by atoms with van der Waals surface area (Å²) in [6.45, 7) is -0.827. The third kappa shape index (κ3) is 4.68. The zero-order chi connectivity index (χ0) is 16.8. The van der Waals surface area contributed by atoms with Gasteiger partial charge in [-0.15, -0.1) is 11.8 Å². The molecule has 0 spiro atoms. The van der Waals surface area contributed by atoms with Gasteiger partial charge in [0.05, 0.1) is 5.69 Å². The van der Waals surface area contributed by atoms with Gasteiger partial charge < -0.3 is 10.4 Å². The second kappa shape index (κ2) is 7.59. The van der Waals surface area contributed by atoms with Crippen LogP contribution >= 0.6 is 11.8 Å². The lowest BCUT2D eigenvalue weighted by atomic mass is 10.1. The van der Waals surface area contributed by atoms with Crippen molar-refractivity contribution in [3.8, 4) is 11.3 Å². The maximum Gasteiger partial charge on any atom is 0.322 e. The molecule has 1 amide bonds. The highest BCUT2D eigenvalue weighted by Crippen LogP contribution is 2.20. The Kier molecular flexibility index (Phi) is 5.53. The average Bonchev–Trinajstić information content (AvgIpc) is 2.55. The monoisotopic (exact) mass is 333 g/mol. The Labute approximate surface area is 136 Å². The molecule has 0 fully saturated rings. The molecule has 0 saturated heterocycles. The Bertz CT molecular complexity index is 771. The molecule has 2 rings (SSSR count). The molecule has 0 radical (unpaired) electrons. The molecule has 0 atom stereocenters. The van der Waals surface area contributed by atoms with Crippen molar-refractivity contribution in [2.75, 3.05) is 12.8 Å². The quantitative estimate of drug-likeness (QED) is 0.760. The highest BCUT2D eigenvalue weighted by molar-refractivity contribution is 7.98. The van der Waals surface area contributed by atoms with Crippen LogP contribution in [0.4, 0.5) is 0 Å². The van der Waals surface area contributed by atoms with Gasteiger partial charge in [0, 0.05) is 16.5 Å². The van der Waals surface area contributed by atoms with Crippen molar-refractivity contribution in [1.82, 2.24) is 15.1 Å². The maximum atomic E-state index is 11.8. The Hall–Kier alpha value is -2.61. The number of rotatable bonds is 6. The fraction of sp³-hybridized carbons (Fsp3) is 0.200. The van der Waals surface area contributed by atoms with E-state index >= 15 is 0 Å². The Balaban J connectivity index is 2.19. The number of benzene rings is 1. The van der Waals surface area contributed by atoms with Crippen molar-refractivity contribution in [2.24, 2.45) is 0 Å². The van der Waals surface area contributed by atoms with Gasteiger partial charge in [-0.25, -0.2) is 4.68 Å². The number of carbonyl (C=O) groups excluding carboxylic acids is 1. The summed E-state index contributed by atoms with van der Waals surface area (Å²) in [5.41, 5.74) is 0.950. The fourth-order valence-corrected chi connectivity index (χ4v) is 2.25. The summed E-state index contributed by atoms with van der Waals surface area (Å²) in [4.78, 5) is 34.9.